The van der Waals surface area contributed by atoms with Gasteiger partial charge in [0.15, 0.2) is 0 Å². The number of benzene rings is 2. The number of aliphatic hydroxyl groups excluding tert-OH is 1. The fourth-order valence-electron chi connectivity index (χ4n) is 5.82. The molecule has 0 fully saturated rings. The van der Waals surface area contributed by atoms with Crippen LogP contribution >= 0.6 is 0 Å². The lowest BCUT2D eigenvalue weighted by molar-refractivity contribution is -0.128. The predicted molar refractivity (Wildman–Crippen MR) is 204 cm³/mol. The Bertz CT molecular complexity index is 1690. The van der Waals surface area contributed by atoms with E-state index in [1.165, 1.54) is 7.11 Å². The highest BCUT2D eigenvalue weighted by Gasteiger charge is 2.37. The monoisotopic (exact) mass is 746 g/mol. The van der Waals surface area contributed by atoms with E-state index in [1.54, 1.807) is 27.0 Å². The van der Waals surface area contributed by atoms with Gasteiger partial charge in [-0.05, 0) is 53.4 Å². The minimum absolute atomic E-state index is 0.00294. The molecule has 14 nitrogen and oxygen atoms in total. The first kappa shape index (κ1) is 42.9. The smallest absolute Gasteiger partial charge is 0.415 e. The van der Waals surface area contributed by atoms with Crippen LogP contribution in [0.5, 0.6) is 0 Å². The third kappa shape index (κ3) is 13.5. The summed E-state index contributed by atoms with van der Waals surface area (Å²) < 4.78 is 9.28. The van der Waals surface area contributed by atoms with Crippen LogP contribution in [-0.2, 0) is 31.9 Å². The Balaban J connectivity index is 1.96. The molecule has 0 aliphatic heterocycles. The zero-order valence-electron chi connectivity index (χ0n) is 32.3. The van der Waals surface area contributed by atoms with Gasteiger partial charge in [0.1, 0.15) is 12.1 Å². The van der Waals surface area contributed by atoms with Gasteiger partial charge in [-0.3, -0.25) is 14.6 Å². The Morgan fingerprint density at radius 3 is 1.78 bits per heavy atom. The lowest BCUT2D eigenvalue weighted by Crippen LogP contribution is -2.60. The summed E-state index contributed by atoms with van der Waals surface area (Å²) in [4.78, 5) is 68.7. The zero-order chi connectivity index (χ0) is 40.1. The second-order valence-corrected chi connectivity index (χ2v) is 15.3. The van der Waals surface area contributed by atoms with Gasteiger partial charge in [-0.25, -0.2) is 19.7 Å². The summed E-state index contributed by atoms with van der Waals surface area (Å²) in [7, 11) is 2.32. The molecule has 292 valence electrons. The van der Waals surface area contributed by atoms with Crippen LogP contribution in [0, 0.1) is 10.8 Å². The minimum atomic E-state index is -1.21. The van der Waals surface area contributed by atoms with E-state index in [0.717, 1.165) is 29.5 Å². The number of alkyl carbamates (subject to hydrolysis) is 2. The Hall–Kier alpha value is -5.50. The third-order valence-corrected chi connectivity index (χ3v) is 8.74. The van der Waals surface area contributed by atoms with Gasteiger partial charge >= 0.3 is 18.2 Å². The first-order valence-electron chi connectivity index (χ1n) is 17.7. The number of hydrogen-bond acceptors (Lipinski definition) is 9. The molecule has 5 atom stereocenters. The molecule has 0 unspecified atom stereocenters. The van der Waals surface area contributed by atoms with Gasteiger partial charge < -0.3 is 35.8 Å². The van der Waals surface area contributed by atoms with Crippen LogP contribution < -0.4 is 26.6 Å². The molecule has 2 aromatic carbocycles. The van der Waals surface area contributed by atoms with Gasteiger partial charge in [-0.15, -0.1) is 0 Å². The maximum absolute atomic E-state index is 13.9. The summed E-state index contributed by atoms with van der Waals surface area (Å²) in [5.74, 6) is -1.07. The van der Waals surface area contributed by atoms with Gasteiger partial charge in [0.25, 0.3) is 0 Å². The van der Waals surface area contributed by atoms with Crippen molar-refractivity contribution >= 4 is 30.0 Å². The molecule has 0 bridgehead atoms. The van der Waals surface area contributed by atoms with Crippen LogP contribution in [-0.4, -0.2) is 84.6 Å². The van der Waals surface area contributed by atoms with Crippen molar-refractivity contribution in [3.8, 4) is 11.3 Å². The molecule has 1 heterocycles. The van der Waals surface area contributed by atoms with Crippen molar-refractivity contribution in [2.45, 2.75) is 91.1 Å². The lowest BCUT2D eigenvalue weighted by atomic mass is 9.85. The van der Waals surface area contributed by atoms with E-state index in [0.29, 0.717) is 6.42 Å². The largest absolute Gasteiger partial charge is 0.453 e. The second-order valence-electron chi connectivity index (χ2n) is 15.3. The van der Waals surface area contributed by atoms with E-state index in [4.69, 9.17) is 4.74 Å². The number of imide groups is 1. The van der Waals surface area contributed by atoms with Crippen LogP contribution in [0.3, 0.4) is 0 Å². The number of nitrogens with zero attached hydrogens (tertiary/aromatic N) is 1. The molecule has 0 aliphatic carbocycles. The fourth-order valence-corrected chi connectivity index (χ4v) is 5.82. The number of nitrogens with one attached hydrogen (secondary N) is 5. The third-order valence-electron chi connectivity index (χ3n) is 8.74. The van der Waals surface area contributed by atoms with Crippen LogP contribution in [0.1, 0.15) is 59.1 Å². The predicted octanol–water partition coefficient (Wildman–Crippen LogP) is 4.51. The molecule has 14 heteroatoms. The number of methoxy groups -OCH3 is 2. The molecule has 6 amide bonds. The first-order chi connectivity index (χ1) is 25.4. The Kier molecular flexibility index (Phi) is 15.5. The highest BCUT2D eigenvalue weighted by molar-refractivity contribution is 5.94. The molecule has 54 heavy (non-hydrogen) atoms. The number of aliphatic hydroxyl groups is 1. The molecule has 1 aromatic heterocycles. The molecular weight excluding hydrogens is 692 g/mol. The molecule has 0 saturated carbocycles. The molecule has 6 N–H and O–H groups in total. The second kappa shape index (κ2) is 19.5. The Morgan fingerprint density at radius 2 is 1.22 bits per heavy atom. The average molecular weight is 747 g/mol. The van der Waals surface area contributed by atoms with Gasteiger partial charge in [0.2, 0.25) is 11.8 Å². The fraction of sp³-hybridized carbons (Fsp3) is 0.450. The van der Waals surface area contributed by atoms with Crippen molar-refractivity contribution in [3.05, 3.63) is 90.1 Å². The van der Waals surface area contributed by atoms with Gasteiger partial charge in [0.05, 0.1) is 32.1 Å². The van der Waals surface area contributed by atoms with Gasteiger partial charge in [0, 0.05) is 17.8 Å². The summed E-state index contributed by atoms with van der Waals surface area (Å²) >= 11 is 0. The maximum atomic E-state index is 13.9. The van der Waals surface area contributed by atoms with Crippen LogP contribution in [0.25, 0.3) is 11.3 Å². The van der Waals surface area contributed by atoms with E-state index in [1.807, 2.05) is 98.9 Å². The standard InChI is InChI=1S/C40H54N6O8/c1-39(2,3)32(44-36(50)46-38(52)54-8)35(49)43-30(23-25-14-10-9-11-15-25)31(47)24-28(42-34(48)33(40(4,5)6)45-37(51)53-7)22-26-17-19-27(20-18-26)29-16-12-13-21-41-29/h9-21,28,30-33,47H,22-24H2,1-8H3,(H,42,48)(H,43,49)(H,45,51)(H2,44,46,50,52)/t28-,30-,31-,32+,33+/m0/s1. The molecule has 0 radical (unpaired) electrons. The number of pyridine rings is 1. The molecule has 0 saturated heterocycles. The van der Waals surface area contributed by atoms with Crippen molar-refractivity contribution in [3.63, 3.8) is 0 Å². The number of ether oxygens (including phenoxy) is 2. The van der Waals surface area contributed by atoms with Crippen molar-refractivity contribution in [1.82, 2.24) is 31.6 Å². The topological polar surface area (TPSA) is 197 Å². The van der Waals surface area contributed by atoms with Crippen molar-refractivity contribution in [2.75, 3.05) is 14.2 Å². The summed E-state index contributed by atoms with van der Waals surface area (Å²) in [6.07, 6.45) is -0.743. The Morgan fingerprint density at radius 1 is 0.667 bits per heavy atom. The number of carbonyl (C=O) groups is 5. The highest BCUT2D eigenvalue weighted by Crippen LogP contribution is 2.24. The molecule has 3 aromatic rings. The van der Waals surface area contributed by atoms with Gasteiger partial charge in [-0.2, -0.15) is 0 Å². The maximum Gasteiger partial charge on any atom is 0.415 e. The number of urea groups is 1. The summed E-state index contributed by atoms with van der Waals surface area (Å²) in [5, 5.41) is 25.1. The SMILES string of the molecule is COC(=O)NC(=O)N[C@H](C(=O)N[C@@H](Cc1ccccc1)[C@@H](O)C[C@H](Cc1ccc(-c2ccccn2)cc1)NC(=O)[C@@H](NC(=O)OC)C(C)(C)C)C(C)(C)C. The van der Waals surface area contributed by atoms with E-state index in [-0.39, 0.29) is 12.8 Å². The highest BCUT2D eigenvalue weighted by atomic mass is 16.5. The number of rotatable bonds is 14. The van der Waals surface area contributed by atoms with Crippen LogP contribution in [0.15, 0.2) is 79.0 Å². The summed E-state index contributed by atoms with van der Waals surface area (Å²) in [6, 6.07) is 18.0. The minimum Gasteiger partial charge on any atom is -0.453 e. The van der Waals surface area contributed by atoms with Crippen molar-refractivity contribution < 1.29 is 38.6 Å². The molecule has 0 spiro atoms. The van der Waals surface area contributed by atoms with E-state index < -0.39 is 71.1 Å². The zero-order valence-corrected chi connectivity index (χ0v) is 32.3. The number of carbonyl (C=O) groups excluding carboxylic acids is 5. The molecule has 0 aliphatic rings. The molecular formula is C40H54N6O8. The summed E-state index contributed by atoms with van der Waals surface area (Å²) in [6.45, 7) is 10.7. The number of aromatic nitrogens is 1. The number of amides is 6. The Labute approximate surface area is 317 Å². The van der Waals surface area contributed by atoms with E-state index >= 15 is 0 Å². The van der Waals surface area contributed by atoms with E-state index in [9.17, 15) is 29.1 Å². The molecule has 3 rings (SSSR count). The van der Waals surface area contributed by atoms with Crippen molar-refractivity contribution in [1.29, 1.82) is 0 Å². The van der Waals surface area contributed by atoms with Crippen molar-refractivity contribution in [2.24, 2.45) is 10.8 Å². The average Bonchev–Trinajstić information content (AvgIpc) is 3.12. The first-order valence-corrected chi connectivity index (χ1v) is 17.7. The summed E-state index contributed by atoms with van der Waals surface area (Å²) in [5.41, 5.74) is 1.88. The normalized spacial score (nSPS) is 14.2. The quantitative estimate of drug-likeness (QED) is 0.138. The van der Waals surface area contributed by atoms with Crippen LogP contribution in [0.4, 0.5) is 14.4 Å². The number of hydrogen-bond donors (Lipinski definition) is 6. The van der Waals surface area contributed by atoms with E-state index in [2.05, 4.69) is 31.0 Å². The van der Waals surface area contributed by atoms with Crippen LogP contribution in [0.2, 0.25) is 0 Å². The lowest BCUT2D eigenvalue weighted by Gasteiger charge is -2.35. The van der Waals surface area contributed by atoms with Gasteiger partial charge in [-0.1, -0.05) is 102 Å².